The molecule has 0 saturated heterocycles. The average molecular weight is 442 g/mol. The first-order valence-corrected chi connectivity index (χ1v) is 10.5. The Hall–Kier alpha value is -3.43. The number of nitrogens with zero attached hydrogens (tertiary/aromatic N) is 1. The topological polar surface area (TPSA) is 108 Å². The van der Waals surface area contributed by atoms with Crippen molar-refractivity contribution in [2.45, 2.75) is 13.3 Å². The number of hydrogen-bond donors (Lipinski definition) is 3. The fourth-order valence-electron chi connectivity index (χ4n) is 2.98. The second-order valence-electron chi connectivity index (χ2n) is 6.77. The van der Waals surface area contributed by atoms with Crippen LogP contribution in [0, 0.1) is 0 Å². The van der Waals surface area contributed by atoms with Gasteiger partial charge in [0.25, 0.3) is 11.8 Å². The van der Waals surface area contributed by atoms with Gasteiger partial charge in [-0.2, -0.15) is 0 Å². The van der Waals surface area contributed by atoms with Gasteiger partial charge in [-0.3, -0.25) is 19.6 Å². The lowest BCUT2D eigenvalue weighted by Gasteiger charge is -2.21. The Morgan fingerprint density at radius 1 is 1.10 bits per heavy atom. The highest BCUT2D eigenvalue weighted by atomic mass is 32.1. The molecule has 0 fully saturated rings. The van der Waals surface area contributed by atoms with Gasteiger partial charge in [-0.25, -0.2) is 5.48 Å². The minimum absolute atomic E-state index is 0.0926. The van der Waals surface area contributed by atoms with E-state index in [-0.39, 0.29) is 25.0 Å². The van der Waals surface area contributed by atoms with Gasteiger partial charge in [0.2, 0.25) is 5.91 Å². The van der Waals surface area contributed by atoms with Crippen molar-refractivity contribution < 1.29 is 24.3 Å². The molecule has 3 N–H and O–H groups in total. The first-order valence-electron chi connectivity index (χ1n) is 9.73. The van der Waals surface area contributed by atoms with Gasteiger partial charge in [0, 0.05) is 16.9 Å². The predicted octanol–water partition coefficient (Wildman–Crippen LogP) is 3.28. The molecule has 0 atom stereocenters. The van der Waals surface area contributed by atoms with Crippen molar-refractivity contribution in [1.82, 2.24) is 10.4 Å². The lowest BCUT2D eigenvalue weighted by molar-refractivity contribution is -0.136. The highest BCUT2D eigenvalue weighted by Crippen LogP contribution is 2.28. The lowest BCUT2D eigenvalue weighted by Crippen LogP contribution is -2.41. The molecule has 9 heteroatoms. The third-order valence-electron chi connectivity index (χ3n) is 4.41. The zero-order chi connectivity index (χ0) is 22.2. The van der Waals surface area contributed by atoms with E-state index in [0.29, 0.717) is 29.3 Å². The van der Waals surface area contributed by atoms with E-state index < -0.39 is 5.91 Å². The van der Waals surface area contributed by atoms with Crippen LogP contribution in [0.1, 0.15) is 23.0 Å². The van der Waals surface area contributed by atoms with Crippen LogP contribution in [0.3, 0.4) is 0 Å². The van der Waals surface area contributed by atoms with Crippen LogP contribution in [0.15, 0.2) is 54.6 Å². The van der Waals surface area contributed by atoms with Crippen LogP contribution in [-0.4, -0.2) is 47.5 Å². The number of carbonyl (C=O) groups is 3. The smallest absolute Gasteiger partial charge is 0.284 e. The van der Waals surface area contributed by atoms with E-state index in [1.165, 1.54) is 16.2 Å². The summed E-state index contributed by atoms with van der Waals surface area (Å²) in [4.78, 5) is 38.5. The van der Waals surface area contributed by atoms with Gasteiger partial charge >= 0.3 is 0 Å². The summed E-state index contributed by atoms with van der Waals surface area (Å²) in [5, 5.41) is 12.3. The van der Waals surface area contributed by atoms with E-state index in [1.807, 2.05) is 25.1 Å². The van der Waals surface area contributed by atoms with Crippen LogP contribution in [0.5, 0.6) is 5.75 Å². The number of fused-ring (bicyclic) bond motifs is 1. The molecule has 0 radical (unpaired) electrons. The van der Waals surface area contributed by atoms with Gasteiger partial charge < -0.3 is 15.0 Å². The number of carbonyl (C=O) groups excluding carboxylic acids is 3. The van der Waals surface area contributed by atoms with E-state index in [2.05, 4.69) is 5.32 Å². The van der Waals surface area contributed by atoms with Gasteiger partial charge in [-0.05, 0) is 48.2 Å². The molecule has 31 heavy (non-hydrogen) atoms. The average Bonchev–Trinajstić information content (AvgIpc) is 3.20. The molecule has 0 spiro atoms. The minimum atomic E-state index is -0.585. The van der Waals surface area contributed by atoms with Crippen LogP contribution in [0.2, 0.25) is 0 Å². The van der Waals surface area contributed by atoms with Crippen molar-refractivity contribution in [2.75, 3.05) is 25.0 Å². The molecule has 0 unspecified atom stereocenters. The van der Waals surface area contributed by atoms with Crippen LogP contribution < -0.4 is 15.5 Å². The molecule has 1 aromatic heterocycles. The summed E-state index contributed by atoms with van der Waals surface area (Å²) in [6.45, 7) is 2.13. The fourth-order valence-corrected chi connectivity index (χ4v) is 3.91. The number of hydroxylamine groups is 1. The highest BCUT2D eigenvalue weighted by molar-refractivity contribution is 7.20. The molecule has 162 valence electrons. The van der Waals surface area contributed by atoms with E-state index >= 15 is 0 Å². The monoisotopic (exact) mass is 441 g/mol. The summed E-state index contributed by atoms with van der Waals surface area (Å²) in [7, 11) is 0. The molecule has 3 aromatic rings. The number of rotatable bonds is 9. The Kier molecular flexibility index (Phi) is 7.58. The molecule has 1 heterocycles. The van der Waals surface area contributed by atoms with Gasteiger partial charge in [-0.1, -0.05) is 25.1 Å². The summed E-state index contributed by atoms with van der Waals surface area (Å²) in [5.74, 6) is -0.591. The number of ether oxygens (including phenoxy) is 1. The predicted molar refractivity (Wildman–Crippen MR) is 119 cm³/mol. The largest absolute Gasteiger partial charge is 0.484 e. The van der Waals surface area contributed by atoms with Crippen molar-refractivity contribution in [3.8, 4) is 5.75 Å². The number of hydrogen-bond acceptors (Lipinski definition) is 6. The number of amides is 3. The summed E-state index contributed by atoms with van der Waals surface area (Å²) in [5.41, 5.74) is 2.16. The molecule has 8 nitrogen and oxygen atoms in total. The Morgan fingerprint density at radius 3 is 2.58 bits per heavy atom. The van der Waals surface area contributed by atoms with Crippen LogP contribution in [-0.2, 0) is 9.59 Å². The number of thiophene rings is 1. The molecule has 3 rings (SSSR count). The summed E-state index contributed by atoms with van der Waals surface area (Å²) in [6, 6.07) is 15.9. The standard InChI is InChI=1S/C22H23N3O5S/c1-2-10-25(21(27)14-30-17-6-4-3-5-7-17)13-20(26)23-16-8-9-18-15(11-16)12-19(31-18)22(28)24-29/h3-9,11-12,29H,2,10,13-14H2,1H3,(H,23,26)(H,24,28). The third kappa shape index (κ3) is 6.03. The number of para-hydroxylation sites is 1. The fraction of sp³-hybridized carbons (Fsp3) is 0.227. The Bertz CT molecular complexity index is 1070. The molecule has 0 aliphatic carbocycles. The second kappa shape index (κ2) is 10.6. The van der Waals surface area contributed by atoms with E-state index in [0.717, 1.165) is 10.1 Å². The molecule has 0 aliphatic rings. The summed E-state index contributed by atoms with van der Waals surface area (Å²) < 4.78 is 6.35. The van der Waals surface area contributed by atoms with Gasteiger partial charge in [0.15, 0.2) is 6.61 Å². The Morgan fingerprint density at radius 2 is 1.87 bits per heavy atom. The summed E-state index contributed by atoms with van der Waals surface area (Å²) in [6.07, 6.45) is 0.709. The number of anilines is 1. The third-order valence-corrected chi connectivity index (χ3v) is 5.53. The van der Waals surface area contributed by atoms with E-state index in [1.54, 1.807) is 41.9 Å². The van der Waals surface area contributed by atoms with Crippen molar-refractivity contribution in [3.05, 3.63) is 59.5 Å². The second-order valence-corrected chi connectivity index (χ2v) is 7.85. The van der Waals surface area contributed by atoms with Crippen molar-refractivity contribution in [3.63, 3.8) is 0 Å². The Labute approximate surface area is 183 Å². The van der Waals surface area contributed by atoms with Crippen molar-refractivity contribution in [2.24, 2.45) is 0 Å². The Balaban J connectivity index is 1.61. The van der Waals surface area contributed by atoms with Gasteiger partial charge in [0.1, 0.15) is 5.75 Å². The van der Waals surface area contributed by atoms with Crippen LogP contribution in [0.25, 0.3) is 10.1 Å². The van der Waals surface area contributed by atoms with E-state index in [9.17, 15) is 14.4 Å². The zero-order valence-electron chi connectivity index (χ0n) is 17.0. The summed E-state index contributed by atoms with van der Waals surface area (Å²) >= 11 is 1.23. The van der Waals surface area contributed by atoms with E-state index in [4.69, 9.17) is 9.94 Å². The first-order chi connectivity index (χ1) is 15.0. The SMILES string of the molecule is CCCN(CC(=O)Nc1ccc2sc(C(=O)NO)cc2c1)C(=O)COc1ccccc1. The molecule has 0 saturated carbocycles. The van der Waals surface area contributed by atoms with Crippen LogP contribution >= 0.6 is 11.3 Å². The van der Waals surface area contributed by atoms with Gasteiger partial charge in [-0.15, -0.1) is 11.3 Å². The maximum absolute atomic E-state index is 12.5. The zero-order valence-corrected chi connectivity index (χ0v) is 17.8. The molecule has 0 aliphatic heterocycles. The molecule has 2 aromatic carbocycles. The minimum Gasteiger partial charge on any atom is -0.484 e. The van der Waals surface area contributed by atoms with Crippen molar-refractivity contribution in [1.29, 1.82) is 0 Å². The molecule has 0 bridgehead atoms. The molecular weight excluding hydrogens is 418 g/mol. The van der Waals surface area contributed by atoms with Gasteiger partial charge in [0.05, 0.1) is 11.4 Å². The lowest BCUT2D eigenvalue weighted by atomic mass is 10.2. The molecule has 3 amide bonds. The van der Waals surface area contributed by atoms with Crippen LogP contribution in [0.4, 0.5) is 5.69 Å². The van der Waals surface area contributed by atoms with Crippen molar-refractivity contribution >= 4 is 44.8 Å². The quantitative estimate of drug-likeness (QED) is 0.349. The maximum atomic E-state index is 12.5. The highest BCUT2D eigenvalue weighted by Gasteiger charge is 2.18. The molecular formula is C22H23N3O5S. The normalized spacial score (nSPS) is 10.5. The first kappa shape index (κ1) is 22.3. The number of nitrogens with one attached hydrogen (secondary N) is 2. The maximum Gasteiger partial charge on any atom is 0.284 e. The number of benzene rings is 2.